The Morgan fingerprint density at radius 2 is 1.41 bits per heavy atom. The van der Waals surface area contributed by atoms with Gasteiger partial charge in [0, 0.05) is 10.6 Å². The van der Waals surface area contributed by atoms with E-state index in [1.165, 1.54) is 26.0 Å². The molecule has 0 radical (unpaired) electrons. The van der Waals surface area contributed by atoms with Crippen molar-refractivity contribution >= 4 is 35.0 Å². The van der Waals surface area contributed by atoms with Crippen LogP contribution >= 0.6 is 11.6 Å². The van der Waals surface area contributed by atoms with E-state index in [0.29, 0.717) is 50.4 Å². The summed E-state index contributed by atoms with van der Waals surface area (Å²) in [5.41, 5.74) is 2.34. The van der Waals surface area contributed by atoms with Crippen molar-refractivity contribution in [1.29, 1.82) is 0 Å². The van der Waals surface area contributed by atoms with E-state index in [4.69, 9.17) is 35.3 Å². The molecule has 3 aromatic carbocycles. The number of aromatic nitrogens is 3. The molecule has 0 fully saturated rings. The van der Waals surface area contributed by atoms with E-state index < -0.39 is 5.97 Å². The number of hydrogen-bond acceptors (Lipinski definition) is 9. The third-order valence-electron chi connectivity index (χ3n) is 6.04. The molecule has 1 aromatic heterocycles. The summed E-state index contributed by atoms with van der Waals surface area (Å²) >= 11 is 5.89. The second kappa shape index (κ2) is 13.5. The largest absolute Gasteiger partial charge is 0.493 e. The molecule has 212 valence electrons. The van der Waals surface area contributed by atoms with Crippen LogP contribution in [0.2, 0.25) is 5.02 Å². The number of halogens is 1. The third kappa shape index (κ3) is 7.23. The Bertz CT molecular complexity index is 1560. The number of nitrogens with zero attached hydrogens (tertiary/aromatic N) is 3. The fourth-order valence-corrected chi connectivity index (χ4v) is 4.07. The van der Waals surface area contributed by atoms with Crippen LogP contribution in [-0.2, 0) is 22.7 Å². The Kier molecular flexibility index (Phi) is 9.60. The van der Waals surface area contributed by atoms with Crippen molar-refractivity contribution in [2.75, 3.05) is 28.4 Å². The smallest absolute Gasteiger partial charge is 0.339 e. The molecule has 4 aromatic rings. The Balaban J connectivity index is 1.55. The Morgan fingerprint density at radius 3 is 2.07 bits per heavy atom. The van der Waals surface area contributed by atoms with Gasteiger partial charge in [-0.05, 0) is 65.7 Å². The molecule has 0 bridgehead atoms. The highest BCUT2D eigenvalue weighted by Crippen LogP contribution is 2.33. The number of carbonyl (C=O) groups is 2. The van der Waals surface area contributed by atoms with Crippen LogP contribution in [0.5, 0.6) is 23.0 Å². The molecule has 0 spiro atoms. The molecule has 0 saturated heterocycles. The van der Waals surface area contributed by atoms with Crippen molar-refractivity contribution in [2.45, 2.75) is 13.2 Å². The first-order valence-corrected chi connectivity index (χ1v) is 12.7. The zero-order valence-electron chi connectivity index (χ0n) is 22.9. The summed E-state index contributed by atoms with van der Waals surface area (Å²) in [5, 5.41) is 8.56. The van der Waals surface area contributed by atoms with E-state index in [1.807, 2.05) is 0 Å². The van der Waals surface area contributed by atoms with Crippen LogP contribution in [-0.4, -0.2) is 55.2 Å². The monoisotopic (exact) mass is 577 g/mol. The third-order valence-corrected chi connectivity index (χ3v) is 6.29. The molecule has 0 aliphatic heterocycles. The van der Waals surface area contributed by atoms with Gasteiger partial charge in [-0.3, -0.25) is 4.79 Å². The highest BCUT2D eigenvalue weighted by Gasteiger charge is 2.18. The lowest BCUT2D eigenvalue weighted by molar-refractivity contribution is -0.137. The standard InChI is InChI=1S/C30H28ClN3O7/c1-37-26-11-5-19(14-28(26)39-3)13-24(21-8-12-27(38-2)29(15-21)40-4)30(36)41-18-23-16-34(33-32-23)17-25(35)20-6-9-22(31)10-7-20/h5-16H,17-18H2,1-4H3/b24-13+. The van der Waals surface area contributed by atoms with Gasteiger partial charge in [0.15, 0.2) is 28.8 Å². The van der Waals surface area contributed by atoms with Gasteiger partial charge in [-0.25, -0.2) is 9.48 Å². The predicted molar refractivity (Wildman–Crippen MR) is 153 cm³/mol. The predicted octanol–water partition coefficient (Wildman–Crippen LogP) is 5.13. The van der Waals surface area contributed by atoms with Gasteiger partial charge < -0.3 is 23.7 Å². The fraction of sp³-hybridized carbons (Fsp3) is 0.200. The number of rotatable bonds is 12. The van der Waals surface area contributed by atoms with E-state index in [-0.39, 0.29) is 24.5 Å². The molecule has 0 unspecified atom stereocenters. The number of benzene rings is 3. The molecule has 0 amide bonds. The van der Waals surface area contributed by atoms with E-state index in [2.05, 4.69) is 10.3 Å². The molecule has 0 saturated carbocycles. The van der Waals surface area contributed by atoms with Gasteiger partial charge in [0.2, 0.25) is 0 Å². The van der Waals surface area contributed by atoms with Crippen LogP contribution in [0.4, 0.5) is 0 Å². The zero-order valence-corrected chi connectivity index (χ0v) is 23.7. The van der Waals surface area contributed by atoms with Gasteiger partial charge in [0.25, 0.3) is 0 Å². The summed E-state index contributed by atoms with van der Waals surface area (Å²) in [4.78, 5) is 26.0. The van der Waals surface area contributed by atoms with Gasteiger partial charge in [-0.2, -0.15) is 0 Å². The number of hydrogen-bond donors (Lipinski definition) is 0. The molecule has 4 rings (SSSR count). The second-order valence-electron chi connectivity index (χ2n) is 8.66. The lowest BCUT2D eigenvalue weighted by Gasteiger charge is -2.13. The van der Waals surface area contributed by atoms with Crippen molar-refractivity contribution < 1.29 is 33.3 Å². The van der Waals surface area contributed by atoms with Crippen molar-refractivity contribution in [3.63, 3.8) is 0 Å². The Morgan fingerprint density at radius 1 is 0.805 bits per heavy atom. The summed E-state index contributed by atoms with van der Waals surface area (Å²) in [6, 6.07) is 17.0. The topological polar surface area (TPSA) is 111 Å². The van der Waals surface area contributed by atoms with Crippen LogP contribution in [0, 0.1) is 0 Å². The summed E-state index contributed by atoms with van der Waals surface area (Å²) < 4.78 is 28.5. The number of carbonyl (C=O) groups excluding carboxylic acids is 2. The number of ketones is 1. The van der Waals surface area contributed by atoms with Crippen LogP contribution in [0.15, 0.2) is 66.9 Å². The Labute approximate surface area is 242 Å². The maximum Gasteiger partial charge on any atom is 0.339 e. The van der Waals surface area contributed by atoms with Crippen molar-refractivity contribution in [1.82, 2.24) is 15.0 Å². The van der Waals surface area contributed by atoms with Crippen molar-refractivity contribution in [3.05, 3.63) is 94.3 Å². The molecule has 0 atom stereocenters. The number of ether oxygens (including phenoxy) is 5. The van der Waals surface area contributed by atoms with Gasteiger partial charge in [0.05, 0.1) is 40.2 Å². The average molecular weight is 578 g/mol. The minimum atomic E-state index is -0.612. The lowest BCUT2D eigenvalue weighted by Crippen LogP contribution is -2.11. The number of methoxy groups -OCH3 is 4. The van der Waals surface area contributed by atoms with Crippen LogP contribution in [0.3, 0.4) is 0 Å². The molecule has 0 aliphatic rings. The summed E-state index contributed by atoms with van der Waals surface area (Å²) in [5.74, 6) is 1.25. The average Bonchev–Trinajstić information content (AvgIpc) is 3.45. The molecule has 0 aliphatic carbocycles. The second-order valence-corrected chi connectivity index (χ2v) is 9.09. The van der Waals surface area contributed by atoms with Gasteiger partial charge in [-0.1, -0.05) is 28.9 Å². The minimum absolute atomic E-state index is 0.0291. The quantitative estimate of drug-likeness (QED) is 0.0978. The maximum atomic E-state index is 13.4. The molecule has 0 N–H and O–H groups in total. The highest BCUT2D eigenvalue weighted by atomic mass is 35.5. The van der Waals surface area contributed by atoms with Gasteiger partial charge in [-0.15, -0.1) is 5.10 Å². The van der Waals surface area contributed by atoms with Gasteiger partial charge in [0.1, 0.15) is 18.8 Å². The summed E-state index contributed by atoms with van der Waals surface area (Å²) in [6.07, 6.45) is 3.22. The molecule has 10 nitrogen and oxygen atoms in total. The van der Waals surface area contributed by atoms with Crippen LogP contribution in [0.1, 0.15) is 27.2 Å². The number of Topliss-reactive ketones (excluding diaryl/α,β-unsaturated/α-hetero) is 1. The van der Waals surface area contributed by atoms with Crippen molar-refractivity contribution in [3.8, 4) is 23.0 Å². The summed E-state index contributed by atoms with van der Waals surface area (Å²) in [6.45, 7) is -0.191. The van der Waals surface area contributed by atoms with Crippen LogP contribution < -0.4 is 18.9 Å². The Hall–Kier alpha value is -4.83. The zero-order chi connectivity index (χ0) is 29.4. The lowest BCUT2D eigenvalue weighted by atomic mass is 10.0. The minimum Gasteiger partial charge on any atom is -0.493 e. The van der Waals surface area contributed by atoms with E-state index in [0.717, 1.165) is 0 Å². The molecule has 1 heterocycles. The van der Waals surface area contributed by atoms with Crippen molar-refractivity contribution in [2.24, 2.45) is 0 Å². The number of esters is 1. The molecular formula is C30H28ClN3O7. The van der Waals surface area contributed by atoms with Gasteiger partial charge >= 0.3 is 5.97 Å². The fourth-order valence-electron chi connectivity index (χ4n) is 3.95. The van der Waals surface area contributed by atoms with E-state index in [1.54, 1.807) is 80.0 Å². The SMILES string of the molecule is COc1ccc(/C=C(/C(=O)OCc2cn(CC(=O)c3ccc(Cl)cc3)nn2)c2ccc(OC)c(OC)c2)cc1OC. The highest BCUT2D eigenvalue weighted by molar-refractivity contribution is 6.30. The normalized spacial score (nSPS) is 11.1. The van der Waals surface area contributed by atoms with Crippen LogP contribution in [0.25, 0.3) is 11.6 Å². The van der Waals surface area contributed by atoms with E-state index >= 15 is 0 Å². The molecular weight excluding hydrogens is 550 g/mol. The summed E-state index contributed by atoms with van der Waals surface area (Å²) in [7, 11) is 6.12. The maximum absolute atomic E-state index is 13.4. The first-order chi connectivity index (χ1) is 19.8. The molecule has 41 heavy (non-hydrogen) atoms. The van der Waals surface area contributed by atoms with E-state index in [9.17, 15) is 9.59 Å². The first-order valence-electron chi connectivity index (χ1n) is 12.4. The molecule has 11 heteroatoms. The first kappa shape index (κ1) is 29.2.